The highest BCUT2D eigenvalue weighted by Gasteiger charge is 2.21. The Morgan fingerprint density at radius 3 is 2.68 bits per heavy atom. The largest absolute Gasteiger partial charge is 0.415 e. The minimum atomic E-state index is -0.351. The zero-order valence-corrected chi connectivity index (χ0v) is 19.8. The van der Waals surface area contributed by atoms with Crippen LogP contribution in [0.3, 0.4) is 0 Å². The minimum Gasteiger partial charge on any atom is -0.409 e. The first-order chi connectivity index (χ1) is 16.5. The summed E-state index contributed by atoms with van der Waals surface area (Å²) in [7, 11) is 1.94. The number of nitrogens with zero attached hydrogens (tertiary/aromatic N) is 5. The lowest BCUT2D eigenvalue weighted by Crippen LogP contribution is -2.47. The maximum Gasteiger partial charge on any atom is 0.415 e. The summed E-state index contributed by atoms with van der Waals surface area (Å²) in [4.78, 5) is 25.8. The molecule has 10 heteroatoms. The van der Waals surface area contributed by atoms with E-state index in [-0.39, 0.29) is 11.9 Å². The van der Waals surface area contributed by atoms with Crippen LogP contribution in [0.4, 0.5) is 20.1 Å². The Kier molecular flexibility index (Phi) is 6.16. The van der Waals surface area contributed by atoms with Crippen molar-refractivity contribution in [2.24, 2.45) is 0 Å². The Morgan fingerprint density at radius 2 is 1.94 bits per heavy atom. The highest BCUT2D eigenvalue weighted by Crippen LogP contribution is 2.34. The lowest BCUT2D eigenvalue weighted by molar-refractivity contribution is 0.145. The predicted octanol–water partition coefficient (Wildman–Crippen LogP) is 4.33. The van der Waals surface area contributed by atoms with Crippen molar-refractivity contribution in [1.82, 2.24) is 24.6 Å². The van der Waals surface area contributed by atoms with Crippen molar-refractivity contribution >= 4 is 34.0 Å². The molecule has 8 nitrogen and oxygen atoms in total. The predicted molar refractivity (Wildman–Crippen MR) is 131 cm³/mol. The average molecular weight is 481 g/mol. The van der Waals surface area contributed by atoms with Gasteiger partial charge in [-0.15, -0.1) is 11.3 Å². The van der Waals surface area contributed by atoms with Crippen LogP contribution in [0.15, 0.2) is 48.0 Å². The molecule has 0 atom stereocenters. The first-order valence-electron chi connectivity index (χ1n) is 11.2. The number of aryl methyl sites for hydroxylation is 1. The van der Waals surface area contributed by atoms with Crippen LogP contribution in [0.5, 0.6) is 5.75 Å². The topological polar surface area (TPSA) is 75.0 Å². The fraction of sp³-hybridized carbons (Fsp3) is 0.292. The maximum absolute atomic E-state index is 13.3. The van der Waals surface area contributed by atoms with Crippen LogP contribution in [0.2, 0.25) is 0 Å². The Morgan fingerprint density at radius 1 is 1.18 bits per heavy atom. The number of fused-ring (bicyclic) bond motifs is 1. The molecule has 1 amide bonds. The molecule has 0 unspecified atom stereocenters. The molecule has 0 spiro atoms. The van der Waals surface area contributed by atoms with E-state index >= 15 is 0 Å². The van der Waals surface area contributed by atoms with Gasteiger partial charge in [0.1, 0.15) is 23.0 Å². The van der Waals surface area contributed by atoms with Gasteiger partial charge in [-0.25, -0.2) is 19.2 Å². The first kappa shape index (κ1) is 22.3. The molecule has 5 rings (SSSR count). The number of imidazole rings is 1. The summed E-state index contributed by atoms with van der Waals surface area (Å²) in [6, 6.07) is 9.92. The molecule has 0 saturated carbocycles. The molecule has 0 bridgehead atoms. The number of nitrogens with one attached hydrogen (secondary N) is 1. The van der Waals surface area contributed by atoms with E-state index in [1.54, 1.807) is 29.3 Å². The molecule has 0 aliphatic carbocycles. The van der Waals surface area contributed by atoms with E-state index in [4.69, 9.17) is 14.7 Å². The fourth-order valence-electron chi connectivity index (χ4n) is 3.99. The summed E-state index contributed by atoms with van der Waals surface area (Å²) in [5.41, 5.74) is 3.31. The Hall–Kier alpha value is -3.50. The second-order valence-corrected chi connectivity index (χ2v) is 8.85. The van der Waals surface area contributed by atoms with Gasteiger partial charge in [0.25, 0.3) is 0 Å². The van der Waals surface area contributed by atoms with Crippen LogP contribution in [0.25, 0.3) is 16.9 Å². The molecule has 1 N–H and O–H groups in total. The van der Waals surface area contributed by atoms with E-state index in [2.05, 4.69) is 12.2 Å². The van der Waals surface area contributed by atoms with E-state index in [1.807, 2.05) is 27.8 Å². The minimum absolute atomic E-state index is 0.275. The molecule has 0 radical (unpaired) electrons. The smallest absolute Gasteiger partial charge is 0.409 e. The second kappa shape index (κ2) is 9.40. The van der Waals surface area contributed by atoms with Gasteiger partial charge >= 0.3 is 6.09 Å². The number of halogens is 1. The quantitative estimate of drug-likeness (QED) is 0.458. The van der Waals surface area contributed by atoms with E-state index in [9.17, 15) is 9.18 Å². The monoisotopic (exact) mass is 480 g/mol. The average Bonchev–Trinajstić information content (AvgIpc) is 3.49. The van der Waals surface area contributed by atoms with Crippen LogP contribution in [-0.4, -0.2) is 58.6 Å². The molecule has 34 heavy (non-hydrogen) atoms. The normalized spacial score (nSPS) is 13.9. The zero-order chi connectivity index (χ0) is 23.7. The number of thiazole rings is 1. The second-order valence-electron chi connectivity index (χ2n) is 8.01. The maximum atomic E-state index is 13.3. The van der Waals surface area contributed by atoms with Crippen LogP contribution in [0.1, 0.15) is 12.6 Å². The van der Waals surface area contributed by atoms with Gasteiger partial charge in [0.05, 0.1) is 17.6 Å². The van der Waals surface area contributed by atoms with Gasteiger partial charge in [0.15, 0.2) is 5.13 Å². The standard InChI is InChI=1S/C24H25FN6O2S/c1-3-19-22(29(2)23-28-20(15-34-23)16-4-6-17(25)7-5-16)31-14-18(8-9-21(31)27-19)33-24(32)30-12-10-26-11-13-30/h4-9,14-15,26H,3,10-13H2,1-2H3. The number of anilines is 2. The third-order valence-corrected chi connectivity index (χ3v) is 6.70. The van der Waals surface area contributed by atoms with E-state index < -0.39 is 0 Å². The summed E-state index contributed by atoms with van der Waals surface area (Å²) in [6.45, 7) is 4.83. The molecule has 1 aromatic carbocycles. The number of hydrogen-bond acceptors (Lipinski definition) is 7. The van der Waals surface area contributed by atoms with Crippen molar-refractivity contribution < 1.29 is 13.9 Å². The number of hydrogen-bond donors (Lipinski definition) is 1. The molecule has 1 aliphatic heterocycles. The van der Waals surface area contributed by atoms with Crippen molar-refractivity contribution in [2.75, 3.05) is 38.1 Å². The SMILES string of the molecule is CCc1nc2ccc(OC(=O)N3CCNCC3)cn2c1N(C)c1nc(-c2ccc(F)cc2)cs1. The number of benzene rings is 1. The van der Waals surface area contributed by atoms with Crippen LogP contribution in [-0.2, 0) is 6.42 Å². The Balaban J connectivity index is 1.45. The van der Waals surface area contributed by atoms with Gasteiger partial charge < -0.3 is 19.9 Å². The number of amides is 1. The number of rotatable bonds is 5. The van der Waals surface area contributed by atoms with E-state index in [0.29, 0.717) is 18.8 Å². The number of ether oxygens (including phenoxy) is 1. The van der Waals surface area contributed by atoms with Crippen molar-refractivity contribution in [3.05, 3.63) is 59.5 Å². The Bertz CT molecular complexity index is 1310. The first-order valence-corrected chi connectivity index (χ1v) is 12.0. The highest BCUT2D eigenvalue weighted by atomic mass is 32.1. The summed E-state index contributed by atoms with van der Waals surface area (Å²) in [6.07, 6.45) is 2.17. The van der Waals surface area contributed by atoms with Gasteiger partial charge in [0.2, 0.25) is 0 Å². The van der Waals surface area contributed by atoms with Gasteiger partial charge in [-0.1, -0.05) is 6.92 Å². The van der Waals surface area contributed by atoms with Crippen LogP contribution in [0, 0.1) is 5.82 Å². The van der Waals surface area contributed by atoms with Crippen molar-refractivity contribution in [3.63, 3.8) is 0 Å². The molecule has 4 heterocycles. The number of carbonyl (C=O) groups excluding carboxylic acids is 1. The van der Waals surface area contributed by atoms with Crippen molar-refractivity contribution in [2.45, 2.75) is 13.3 Å². The number of carbonyl (C=O) groups is 1. The highest BCUT2D eigenvalue weighted by molar-refractivity contribution is 7.14. The molecule has 1 saturated heterocycles. The molecule has 3 aromatic heterocycles. The van der Waals surface area contributed by atoms with Crippen molar-refractivity contribution in [1.29, 1.82) is 0 Å². The van der Waals surface area contributed by atoms with Gasteiger partial charge in [0, 0.05) is 44.2 Å². The third-order valence-electron chi connectivity index (χ3n) is 5.79. The van der Waals surface area contributed by atoms with Crippen LogP contribution < -0.4 is 15.0 Å². The molecular formula is C24H25FN6O2S. The summed E-state index contributed by atoms with van der Waals surface area (Å²) in [5.74, 6) is 1.04. The molecule has 4 aromatic rings. The van der Waals surface area contributed by atoms with E-state index in [0.717, 1.165) is 53.1 Å². The van der Waals surface area contributed by atoms with Crippen molar-refractivity contribution in [3.8, 4) is 17.0 Å². The molecule has 1 aliphatic rings. The molecule has 176 valence electrons. The van der Waals surface area contributed by atoms with Crippen LogP contribution >= 0.6 is 11.3 Å². The summed E-state index contributed by atoms with van der Waals surface area (Å²) in [5, 5.41) is 5.96. The summed E-state index contributed by atoms with van der Waals surface area (Å²) < 4.78 is 20.9. The number of piperazine rings is 1. The van der Waals surface area contributed by atoms with Gasteiger partial charge in [-0.05, 0) is 42.8 Å². The van der Waals surface area contributed by atoms with Gasteiger partial charge in [-0.2, -0.15) is 0 Å². The molecule has 1 fully saturated rings. The van der Waals surface area contributed by atoms with E-state index in [1.165, 1.54) is 23.5 Å². The number of aromatic nitrogens is 3. The number of pyridine rings is 1. The third kappa shape index (κ3) is 4.34. The lowest BCUT2D eigenvalue weighted by Gasteiger charge is -2.26. The Labute approximate surface area is 200 Å². The molecular weight excluding hydrogens is 455 g/mol. The zero-order valence-electron chi connectivity index (χ0n) is 19.0. The summed E-state index contributed by atoms with van der Waals surface area (Å²) >= 11 is 1.50. The fourth-order valence-corrected chi connectivity index (χ4v) is 4.79. The van der Waals surface area contributed by atoms with Gasteiger partial charge in [-0.3, -0.25) is 4.40 Å². The lowest BCUT2D eigenvalue weighted by atomic mass is 10.2.